The summed E-state index contributed by atoms with van der Waals surface area (Å²) >= 11 is 0. The number of nitrogens with zero attached hydrogens (tertiary/aromatic N) is 2. The highest BCUT2D eigenvalue weighted by Crippen LogP contribution is 2.33. The van der Waals surface area contributed by atoms with Crippen LogP contribution in [0.3, 0.4) is 0 Å². The SMILES string of the molecule is CC=C1c2ccccc2C(=O)N1Cc1cccc(C(=O)OCC)n1. The Kier molecular flexibility index (Phi) is 4.42. The van der Waals surface area contributed by atoms with Crippen LogP contribution in [-0.4, -0.2) is 28.4 Å². The van der Waals surface area contributed by atoms with E-state index in [0.29, 0.717) is 24.4 Å². The number of aromatic nitrogens is 1. The molecule has 1 aliphatic rings. The van der Waals surface area contributed by atoms with Crippen LogP contribution < -0.4 is 0 Å². The van der Waals surface area contributed by atoms with Crippen LogP contribution in [0.5, 0.6) is 0 Å². The second kappa shape index (κ2) is 6.66. The van der Waals surface area contributed by atoms with Gasteiger partial charge in [-0.05, 0) is 32.0 Å². The van der Waals surface area contributed by atoms with Gasteiger partial charge in [0.25, 0.3) is 5.91 Å². The zero-order chi connectivity index (χ0) is 17.1. The van der Waals surface area contributed by atoms with Crippen LogP contribution in [0.15, 0.2) is 48.5 Å². The number of carbonyl (C=O) groups excluding carboxylic acids is 2. The van der Waals surface area contributed by atoms with E-state index in [-0.39, 0.29) is 11.6 Å². The molecule has 5 heteroatoms. The van der Waals surface area contributed by atoms with Gasteiger partial charge in [-0.3, -0.25) is 4.79 Å². The topological polar surface area (TPSA) is 59.5 Å². The Hall–Kier alpha value is -2.95. The Balaban J connectivity index is 1.88. The minimum absolute atomic E-state index is 0.0537. The maximum absolute atomic E-state index is 12.7. The molecule has 1 aromatic heterocycles. The fraction of sp³-hybridized carbons (Fsp3) is 0.211. The largest absolute Gasteiger partial charge is 0.461 e. The molecule has 2 aromatic rings. The van der Waals surface area contributed by atoms with Crippen molar-refractivity contribution in [2.75, 3.05) is 6.61 Å². The Labute approximate surface area is 140 Å². The molecule has 3 rings (SSSR count). The third kappa shape index (κ3) is 2.80. The molecular formula is C19H18N2O3. The van der Waals surface area contributed by atoms with Gasteiger partial charge in [-0.2, -0.15) is 0 Å². The molecule has 0 aliphatic carbocycles. The normalized spacial score (nSPS) is 14.8. The summed E-state index contributed by atoms with van der Waals surface area (Å²) in [5.74, 6) is -0.510. The molecule has 0 fully saturated rings. The number of carbonyl (C=O) groups is 2. The second-order valence-electron chi connectivity index (χ2n) is 5.35. The van der Waals surface area contributed by atoms with E-state index in [9.17, 15) is 9.59 Å². The van der Waals surface area contributed by atoms with Gasteiger partial charge in [-0.15, -0.1) is 0 Å². The molecule has 1 aromatic carbocycles. The third-order valence-electron chi connectivity index (χ3n) is 3.85. The first kappa shape index (κ1) is 15.9. The van der Waals surface area contributed by atoms with Crippen LogP contribution in [0.4, 0.5) is 0 Å². The standard InChI is InChI=1S/C19H18N2O3/c1-3-17-14-9-5-6-10-15(14)18(22)21(17)12-13-8-7-11-16(20-13)19(23)24-4-2/h3,5-11H,4,12H2,1-2H3. The first-order chi connectivity index (χ1) is 11.7. The van der Waals surface area contributed by atoms with Gasteiger partial charge in [0.2, 0.25) is 0 Å². The van der Waals surface area contributed by atoms with E-state index in [0.717, 1.165) is 11.3 Å². The van der Waals surface area contributed by atoms with E-state index in [4.69, 9.17) is 4.74 Å². The molecule has 0 radical (unpaired) electrons. The van der Waals surface area contributed by atoms with Crippen molar-refractivity contribution < 1.29 is 14.3 Å². The summed E-state index contributed by atoms with van der Waals surface area (Å²) in [5.41, 5.74) is 3.36. The molecule has 0 atom stereocenters. The van der Waals surface area contributed by atoms with Crippen molar-refractivity contribution in [1.29, 1.82) is 0 Å². The van der Waals surface area contributed by atoms with Crippen LogP contribution in [0, 0.1) is 0 Å². The Morgan fingerprint density at radius 2 is 1.92 bits per heavy atom. The zero-order valence-electron chi connectivity index (χ0n) is 13.7. The molecule has 122 valence electrons. The highest BCUT2D eigenvalue weighted by atomic mass is 16.5. The van der Waals surface area contributed by atoms with Crippen molar-refractivity contribution in [3.63, 3.8) is 0 Å². The molecule has 24 heavy (non-hydrogen) atoms. The average Bonchev–Trinajstić information content (AvgIpc) is 2.87. The van der Waals surface area contributed by atoms with Gasteiger partial charge >= 0.3 is 5.97 Å². The van der Waals surface area contributed by atoms with Crippen LogP contribution in [0.2, 0.25) is 0 Å². The molecule has 0 unspecified atom stereocenters. The molecule has 0 spiro atoms. The van der Waals surface area contributed by atoms with E-state index in [2.05, 4.69) is 4.98 Å². The first-order valence-corrected chi connectivity index (χ1v) is 7.86. The smallest absolute Gasteiger partial charge is 0.356 e. The monoisotopic (exact) mass is 322 g/mol. The van der Waals surface area contributed by atoms with Crippen molar-refractivity contribution in [1.82, 2.24) is 9.88 Å². The lowest BCUT2D eigenvalue weighted by Crippen LogP contribution is -2.23. The molecule has 1 amide bonds. The number of allylic oxidation sites excluding steroid dienone is 1. The fourth-order valence-electron chi connectivity index (χ4n) is 2.81. The van der Waals surface area contributed by atoms with Gasteiger partial charge in [-0.1, -0.05) is 30.3 Å². The highest BCUT2D eigenvalue weighted by molar-refractivity contribution is 6.09. The molecule has 1 aliphatic heterocycles. The number of hydrogen-bond donors (Lipinski definition) is 0. The number of ether oxygens (including phenoxy) is 1. The summed E-state index contributed by atoms with van der Waals surface area (Å²) in [5, 5.41) is 0. The van der Waals surface area contributed by atoms with Crippen LogP contribution in [0.1, 0.15) is 46.0 Å². The molecule has 0 saturated heterocycles. The van der Waals surface area contributed by atoms with Gasteiger partial charge < -0.3 is 9.64 Å². The maximum atomic E-state index is 12.7. The molecule has 5 nitrogen and oxygen atoms in total. The Morgan fingerprint density at radius 3 is 2.62 bits per heavy atom. The summed E-state index contributed by atoms with van der Waals surface area (Å²) < 4.78 is 4.97. The molecule has 0 saturated carbocycles. The minimum atomic E-state index is -0.457. The van der Waals surface area contributed by atoms with E-state index in [1.54, 1.807) is 30.0 Å². The van der Waals surface area contributed by atoms with Gasteiger partial charge in [0.1, 0.15) is 5.69 Å². The van der Waals surface area contributed by atoms with Gasteiger partial charge in [-0.25, -0.2) is 9.78 Å². The van der Waals surface area contributed by atoms with Crippen molar-refractivity contribution >= 4 is 17.6 Å². The molecule has 2 heterocycles. The second-order valence-corrected chi connectivity index (χ2v) is 5.35. The van der Waals surface area contributed by atoms with Crippen LogP contribution in [0.25, 0.3) is 5.70 Å². The Morgan fingerprint density at radius 1 is 1.17 bits per heavy atom. The summed E-state index contributed by atoms with van der Waals surface area (Å²) in [6, 6.07) is 12.7. The van der Waals surface area contributed by atoms with E-state index in [1.165, 1.54) is 0 Å². The number of esters is 1. The third-order valence-corrected chi connectivity index (χ3v) is 3.85. The number of fused-ring (bicyclic) bond motifs is 1. The van der Waals surface area contributed by atoms with Crippen molar-refractivity contribution in [3.8, 4) is 0 Å². The van der Waals surface area contributed by atoms with E-state index >= 15 is 0 Å². The average molecular weight is 322 g/mol. The van der Waals surface area contributed by atoms with Crippen molar-refractivity contribution in [2.45, 2.75) is 20.4 Å². The number of rotatable bonds is 4. The molecule has 0 bridgehead atoms. The Bertz CT molecular complexity index is 827. The zero-order valence-corrected chi connectivity index (χ0v) is 13.7. The predicted molar refractivity (Wildman–Crippen MR) is 90.2 cm³/mol. The fourth-order valence-corrected chi connectivity index (χ4v) is 2.81. The summed E-state index contributed by atoms with van der Waals surface area (Å²) in [4.78, 5) is 30.5. The quantitative estimate of drug-likeness (QED) is 0.811. The van der Waals surface area contributed by atoms with E-state index in [1.807, 2.05) is 37.3 Å². The molecule has 0 N–H and O–H groups in total. The van der Waals surface area contributed by atoms with Crippen LogP contribution >= 0.6 is 0 Å². The summed E-state index contributed by atoms with van der Waals surface area (Å²) in [6.07, 6.45) is 1.92. The summed E-state index contributed by atoms with van der Waals surface area (Å²) in [7, 11) is 0. The number of hydrogen-bond acceptors (Lipinski definition) is 4. The van der Waals surface area contributed by atoms with Crippen LogP contribution in [-0.2, 0) is 11.3 Å². The maximum Gasteiger partial charge on any atom is 0.356 e. The number of pyridine rings is 1. The van der Waals surface area contributed by atoms with Gasteiger partial charge in [0, 0.05) is 16.8 Å². The van der Waals surface area contributed by atoms with E-state index < -0.39 is 5.97 Å². The van der Waals surface area contributed by atoms with Gasteiger partial charge in [0.15, 0.2) is 0 Å². The van der Waals surface area contributed by atoms with Gasteiger partial charge in [0.05, 0.1) is 18.8 Å². The molecular weight excluding hydrogens is 304 g/mol. The highest BCUT2D eigenvalue weighted by Gasteiger charge is 2.31. The first-order valence-electron chi connectivity index (χ1n) is 7.86. The lowest BCUT2D eigenvalue weighted by Gasteiger charge is -2.18. The van der Waals surface area contributed by atoms with Crippen molar-refractivity contribution in [3.05, 3.63) is 71.1 Å². The predicted octanol–water partition coefficient (Wildman–Crippen LogP) is 3.28. The number of benzene rings is 1. The minimum Gasteiger partial charge on any atom is -0.461 e. The lowest BCUT2D eigenvalue weighted by molar-refractivity contribution is 0.0519. The number of amides is 1. The van der Waals surface area contributed by atoms with Crippen molar-refractivity contribution in [2.24, 2.45) is 0 Å². The summed E-state index contributed by atoms with van der Waals surface area (Å²) in [6.45, 7) is 4.26. The lowest BCUT2D eigenvalue weighted by atomic mass is 10.1.